The molecule has 2 nitrogen and oxygen atoms in total. The second kappa shape index (κ2) is 4.94. The van der Waals surface area contributed by atoms with Gasteiger partial charge in [0.2, 0.25) is 0 Å². The zero-order valence-electron chi connectivity index (χ0n) is 10.0. The first kappa shape index (κ1) is 11.5. The van der Waals surface area contributed by atoms with Crippen molar-refractivity contribution in [2.24, 2.45) is 0 Å². The molecule has 0 bridgehead atoms. The number of rotatable bonds is 2. The monoisotopic (exact) mass is 258 g/mol. The molecule has 0 spiro atoms. The minimum Gasteiger partial charge on any atom is -0.460 e. The van der Waals surface area contributed by atoms with Gasteiger partial charge in [-0.1, -0.05) is 24.4 Å². The molecule has 0 radical (unpaired) electrons. The van der Waals surface area contributed by atoms with Crippen LogP contribution in [-0.4, -0.2) is 0 Å². The molecule has 0 fully saturated rings. The van der Waals surface area contributed by atoms with Gasteiger partial charge in [-0.05, 0) is 37.5 Å². The van der Waals surface area contributed by atoms with E-state index in [9.17, 15) is 0 Å². The molecule has 18 heavy (non-hydrogen) atoms. The van der Waals surface area contributed by atoms with Gasteiger partial charge < -0.3 is 9.15 Å². The van der Waals surface area contributed by atoms with Gasteiger partial charge in [-0.15, -0.1) is 0 Å². The van der Waals surface area contributed by atoms with Crippen LogP contribution in [0.4, 0.5) is 0 Å². The number of hydrogen-bond acceptors (Lipinski definition) is 3. The highest BCUT2D eigenvalue weighted by atomic mass is 32.1. The van der Waals surface area contributed by atoms with Gasteiger partial charge in [0.15, 0.2) is 5.75 Å². The molecule has 1 aliphatic carbocycles. The van der Waals surface area contributed by atoms with Crippen molar-refractivity contribution in [3.05, 3.63) is 46.9 Å². The fourth-order valence-corrected chi connectivity index (χ4v) is 2.43. The molecule has 0 aliphatic heterocycles. The van der Waals surface area contributed by atoms with Crippen molar-refractivity contribution in [1.29, 1.82) is 0 Å². The number of hydrogen-bond donors (Lipinski definition) is 0. The summed E-state index contributed by atoms with van der Waals surface area (Å²) in [6, 6.07) is 7.76. The predicted molar refractivity (Wildman–Crippen MR) is 74.2 cm³/mol. The van der Waals surface area contributed by atoms with Crippen molar-refractivity contribution < 1.29 is 9.15 Å². The fourth-order valence-electron chi connectivity index (χ4n) is 2.17. The standard InChI is InChI=1S/C15H14O2S/c18-15-12-8-4-5-9-13(12)16-10-14(15)17-11-6-2-1-3-7-11/h4-6,8-10H,1-3,7H2. The summed E-state index contributed by atoms with van der Waals surface area (Å²) >= 11 is 5.45. The van der Waals surface area contributed by atoms with E-state index >= 15 is 0 Å². The molecule has 0 saturated carbocycles. The summed E-state index contributed by atoms with van der Waals surface area (Å²) in [5.74, 6) is 1.66. The summed E-state index contributed by atoms with van der Waals surface area (Å²) in [4.78, 5) is 0. The van der Waals surface area contributed by atoms with E-state index in [0.717, 1.165) is 34.1 Å². The molecular weight excluding hydrogens is 244 g/mol. The number of ether oxygens (including phenoxy) is 1. The molecule has 0 saturated heterocycles. The largest absolute Gasteiger partial charge is 0.460 e. The summed E-state index contributed by atoms with van der Waals surface area (Å²) in [6.45, 7) is 0. The van der Waals surface area contributed by atoms with Crippen molar-refractivity contribution in [2.75, 3.05) is 0 Å². The molecule has 0 unspecified atom stereocenters. The SMILES string of the molecule is S=c1c(OC2=CCCCC2)coc2ccccc12. The molecule has 92 valence electrons. The number of para-hydroxylation sites is 1. The maximum absolute atomic E-state index is 5.86. The van der Waals surface area contributed by atoms with Gasteiger partial charge in [0.25, 0.3) is 0 Å². The van der Waals surface area contributed by atoms with E-state index < -0.39 is 0 Å². The van der Waals surface area contributed by atoms with Crippen LogP contribution in [0, 0.1) is 4.51 Å². The molecule has 0 amide bonds. The summed E-state index contributed by atoms with van der Waals surface area (Å²) in [5, 5.41) is 0.932. The highest BCUT2D eigenvalue weighted by Crippen LogP contribution is 2.27. The van der Waals surface area contributed by atoms with Crippen LogP contribution in [0.2, 0.25) is 0 Å². The van der Waals surface area contributed by atoms with Crippen LogP contribution in [0.15, 0.2) is 46.8 Å². The van der Waals surface area contributed by atoms with Gasteiger partial charge in [-0.3, -0.25) is 0 Å². The van der Waals surface area contributed by atoms with Crippen LogP contribution in [0.3, 0.4) is 0 Å². The van der Waals surface area contributed by atoms with Crippen molar-refractivity contribution >= 4 is 23.2 Å². The predicted octanol–water partition coefficient (Wildman–Crippen LogP) is 5.00. The van der Waals surface area contributed by atoms with Gasteiger partial charge in [-0.25, -0.2) is 0 Å². The summed E-state index contributed by atoms with van der Waals surface area (Å²) in [5.41, 5.74) is 0.799. The lowest BCUT2D eigenvalue weighted by Gasteiger charge is -2.14. The van der Waals surface area contributed by atoms with E-state index in [4.69, 9.17) is 21.4 Å². The van der Waals surface area contributed by atoms with Crippen LogP contribution >= 0.6 is 12.2 Å². The van der Waals surface area contributed by atoms with Crippen LogP contribution in [0.1, 0.15) is 25.7 Å². The molecule has 2 aromatic rings. The van der Waals surface area contributed by atoms with E-state index in [2.05, 4.69) is 6.08 Å². The Labute approximate surface area is 111 Å². The minimum atomic E-state index is 0.650. The lowest BCUT2D eigenvalue weighted by Crippen LogP contribution is -2.00. The van der Waals surface area contributed by atoms with Crippen molar-refractivity contribution in [3.63, 3.8) is 0 Å². The van der Waals surface area contributed by atoms with Crippen LogP contribution in [0.5, 0.6) is 5.75 Å². The molecule has 1 aromatic carbocycles. The van der Waals surface area contributed by atoms with Crippen LogP contribution < -0.4 is 4.74 Å². The zero-order chi connectivity index (χ0) is 12.4. The highest BCUT2D eigenvalue weighted by Gasteiger charge is 2.09. The van der Waals surface area contributed by atoms with Crippen LogP contribution in [0.25, 0.3) is 11.0 Å². The Morgan fingerprint density at radius 2 is 2.06 bits per heavy atom. The van der Waals surface area contributed by atoms with Gasteiger partial charge >= 0.3 is 0 Å². The number of allylic oxidation sites excluding steroid dienone is 2. The van der Waals surface area contributed by atoms with Gasteiger partial charge in [-0.2, -0.15) is 0 Å². The quantitative estimate of drug-likeness (QED) is 0.708. The third-order valence-corrected chi connectivity index (χ3v) is 3.56. The fraction of sp³-hybridized carbons (Fsp3) is 0.267. The normalized spacial score (nSPS) is 15.4. The average molecular weight is 258 g/mol. The molecule has 0 atom stereocenters. The van der Waals surface area contributed by atoms with Crippen molar-refractivity contribution in [3.8, 4) is 5.75 Å². The average Bonchev–Trinajstić information content (AvgIpc) is 2.43. The Balaban J connectivity index is 2.00. The van der Waals surface area contributed by atoms with Gasteiger partial charge in [0.1, 0.15) is 17.6 Å². The summed E-state index contributed by atoms with van der Waals surface area (Å²) < 4.78 is 12.1. The maximum atomic E-state index is 5.86. The first-order chi connectivity index (χ1) is 8.84. The first-order valence-electron chi connectivity index (χ1n) is 6.22. The molecule has 0 N–H and O–H groups in total. The summed E-state index contributed by atoms with van der Waals surface area (Å²) in [6.07, 6.45) is 8.26. The molecular formula is C15H14O2S. The minimum absolute atomic E-state index is 0.650. The highest BCUT2D eigenvalue weighted by molar-refractivity contribution is 7.71. The topological polar surface area (TPSA) is 22.4 Å². The first-order valence-corrected chi connectivity index (χ1v) is 6.63. The number of benzene rings is 1. The van der Waals surface area contributed by atoms with Gasteiger partial charge in [0, 0.05) is 11.8 Å². The van der Waals surface area contributed by atoms with Gasteiger partial charge in [0.05, 0.1) is 4.51 Å². The Morgan fingerprint density at radius 1 is 1.17 bits per heavy atom. The molecule has 1 aliphatic rings. The Bertz CT molecular complexity index is 655. The van der Waals surface area contributed by atoms with Crippen molar-refractivity contribution in [2.45, 2.75) is 25.7 Å². The number of fused-ring (bicyclic) bond motifs is 1. The van der Waals surface area contributed by atoms with E-state index in [0.29, 0.717) is 5.75 Å². The third-order valence-electron chi connectivity index (χ3n) is 3.14. The zero-order valence-corrected chi connectivity index (χ0v) is 10.8. The van der Waals surface area contributed by atoms with Crippen LogP contribution in [-0.2, 0) is 0 Å². The summed E-state index contributed by atoms with van der Waals surface area (Å²) in [7, 11) is 0. The Kier molecular flexibility index (Phi) is 3.15. The van der Waals surface area contributed by atoms with Crippen molar-refractivity contribution in [1.82, 2.24) is 0 Å². The maximum Gasteiger partial charge on any atom is 0.180 e. The second-order valence-electron chi connectivity index (χ2n) is 4.44. The Hall–Kier alpha value is -1.61. The van der Waals surface area contributed by atoms with E-state index in [-0.39, 0.29) is 0 Å². The van der Waals surface area contributed by atoms with E-state index in [1.807, 2.05) is 24.3 Å². The smallest absolute Gasteiger partial charge is 0.180 e. The lowest BCUT2D eigenvalue weighted by atomic mass is 10.1. The molecule has 1 aromatic heterocycles. The van der Waals surface area contributed by atoms with E-state index in [1.54, 1.807) is 6.26 Å². The second-order valence-corrected chi connectivity index (χ2v) is 4.85. The molecule has 3 rings (SSSR count). The lowest BCUT2D eigenvalue weighted by molar-refractivity contribution is 0.371. The third kappa shape index (κ3) is 2.18. The molecule has 1 heterocycles. The molecule has 3 heteroatoms. The Morgan fingerprint density at radius 3 is 2.89 bits per heavy atom. The van der Waals surface area contributed by atoms with E-state index in [1.165, 1.54) is 12.8 Å².